The molecular formula is C12H14O2. The molecule has 0 aliphatic rings. The van der Waals surface area contributed by atoms with Crippen molar-refractivity contribution in [3.05, 3.63) is 35.6 Å². The number of fused-ring (bicyclic) bond motifs is 1. The number of rotatable bonds is 2. The molecule has 0 amide bonds. The van der Waals surface area contributed by atoms with Crippen molar-refractivity contribution >= 4 is 11.0 Å². The molecule has 0 radical (unpaired) electrons. The van der Waals surface area contributed by atoms with E-state index in [2.05, 4.69) is 13.8 Å². The highest BCUT2D eigenvalue weighted by Crippen LogP contribution is 2.27. The average molecular weight is 190 g/mol. The number of para-hydroxylation sites is 1. The van der Waals surface area contributed by atoms with Crippen LogP contribution in [0.1, 0.15) is 31.1 Å². The lowest BCUT2D eigenvalue weighted by molar-refractivity contribution is 0.281. The van der Waals surface area contributed by atoms with Gasteiger partial charge in [-0.1, -0.05) is 32.0 Å². The molecule has 2 rings (SSSR count). The molecular weight excluding hydrogens is 176 g/mol. The maximum absolute atomic E-state index is 9.12. The van der Waals surface area contributed by atoms with Crippen LogP contribution in [-0.2, 0) is 6.61 Å². The first-order chi connectivity index (χ1) is 6.72. The third-order valence-electron chi connectivity index (χ3n) is 2.38. The molecule has 0 unspecified atom stereocenters. The number of furan rings is 1. The van der Waals surface area contributed by atoms with Gasteiger partial charge in [-0.3, -0.25) is 0 Å². The number of aliphatic hydroxyl groups is 1. The first-order valence-electron chi connectivity index (χ1n) is 4.84. The summed E-state index contributed by atoms with van der Waals surface area (Å²) in [6.45, 7) is 4.22. The molecule has 0 saturated carbocycles. The van der Waals surface area contributed by atoms with E-state index in [0.717, 1.165) is 22.3 Å². The Hall–Kier alpha value is -1.28. The second-order valence-corrected chi connectivity index (χ2v) is 3.80. The van der Waals surface area contributed by atoms with Gasteiger partial charge in [0, 0.05) is 16.9 Å². The summed E-state index contributed by atoms with van der Waals surface area (Å²) in [5, 5.41) is 10.2. The van der Waals surface area contributed by atoms with E-state index in [1.807, 2.05) is 24.3 Å². The maximum Gasteiger partial charge on any atom is 0.139 e. The van der Waals surface area contributed by atoms with E-state index >= 15 is 0 Å². The van der Waals surface area contributed by atoms with Crippen LogP contribution in [-0.4, -0.2) is 5.11 Å². The summed E-state index contributed by atoms with van der Waals surface area (Å²) < 4.78 is 5.69. The van der Waals surface area contributed by atoms with E-state index in [4.69, 9.17) is 9.52 Å². The zero-order valence-electron chi connectivity index (χ0n) is 8.45. The van der Waals surface area contributed by atoms with Crippen molar-refractivity contribution < 1.29 is 9.52 Å². The SMILES string of the molecule is CC(C)c1cc2cccc(CO)c2o1. The minimum Gasteiger partial charge on any atom is -0.460 e. The van der Waals surface area contributed by atoms with E-state index in [0.29, 0.717) is 5.92 Å². The van der Waals surface area contributed by atoms with Crippen molar-refractivity contribution in [2.24, 2.45) is 0 Å². The number of aliphatic hydroxyl groups excluding tert-OH is 1. The number of hydrogen-bond acceptors (Lipinski definition) is 2. The van der Waals surface area contributed by atoms with Crippen LogP contribution < -0.4 is 0 Å². The van der Waals surface area contributed by atoms with Crippen LogP contribution in [0.3, 0.4) is 0 Å². The van der Waals surface area contributed by atoms with Gasteiger partial charge >= 0.3 is 0 Å². The second-order valence-electron chi connectivity index (χ2n) is 3.80. The lowest BCUT2D eigenvalue weighted by Crippen LogP contribution is -1.82. The molecule has 1 aromatic heterocycles. The van der Waals surface area contributed by atoms with E-state index in [-0.39, 0.29) is 6.61 Å². The largest absolute Gasteiger partial charge is 0.460 e. The predicted octanol–water partition coefficient (Wildman–Crippen LogP) is 3.05. The monoisotopic (exact) mass is 190 g/mol. The van der Waals surface area contributed by atoms with Gasteiger partial charge in [-0.2, -0.15) is 0 Å². The fraction of sp³-hybridized carbons (Fsp3) is 0.333. The molecule has 14 heavy (non-hydrogen) atoms. The molecule has 0 spiro atoms. The smallest absolute Gasteiger partial charge is 0.139 e. The molecule has 1 heterocycles. The van der Waals surface area contributed by atoms with Gasteiger partial charge in [0.25, 0.3) is 0 Å². The summed E-state index contributed by atoms with van der Waals surface area (Å²) in [4.78, 5) is 0. The topological polar surface area (TPSA) is 33.4 Å². The van der Waals surface area contributed by atoms with Gasteiger partial charge in [0.05, 0.1) is 6.61 Å². The summed E-state index contributed by atoms with van der Waals surface area (Å²) in [7, 11) is 0. The fourth-order valence-corrected chi connectivity index (χ4v) is 1.55. The molecule has 74 valence electrons. The summed E-state index contributed by atoms with van der Waals surface area (Å²) in [5.41, 5.74) is 1.67. The van der Waals surface area contributed by atoms with Gasteiger partial charge in [0.15, 0.2) is 0 Å². The predicted molar refractivity (Wildman–Crippen MR) is 56.2 cm³/mol. The molecule has 0 aliphatic carbocycles. The summed E-state index contributed by atoms with van der Waals surface area (Å²) >= 11 is 0. The van der Waals surface area contributed by atoms with Crippen LogP contribution in [0.25, 0.3) is 11.0 Å². The fourth-order valence-electron chi connectivity index (χ4n) is 1.55. The highest BCUT2D eigenvalue weighted by molar-refractivity contribution is 5.81. The van der Waals surface area contributed by atoms with Crippen molar-refractivity contribution in [3.63, 3.8) is 0 Å². The minimum absolute atomic E-state index is 0.0301. The molecule has 1 aromatic carbocycles. The standard InChI is InChI=1S/C12H14O2/c1-8(2)11-6-9-4-3-5-10(7-13)12(9)14-11/h3-6,8,13H,7H2,1-2H3. The molecule has 2 nitrogen and oxygen atoms in total. The molecule has 0 aliphatic heterocycles. The molecule has 0 saturated heterocycles. The van der Waals surface area contributed by atoms with Crippen LogP contribution in [0.4, 0.5) is 0 Å². The van der Waals surface area contributed by atoms with Crippen LogP contribution >= 0.6 is 0 Å². The Labute approximate surface area is 83.2 Å². The normalized spacial score (nSPS) is 11.4. The van der Waals surface area contributed by atoms with Crippen LogP contribution in [0.15, 0.2) is 28.7 Å². The third kappa shape index (κ3) is 1.42. The van der Waals surface area contributed by atoms with Crippen LogP contribution in [0, 0.1) is 0 Å². The zero-order valence-corrected chi connectivity index (χ0v) is 8.45. The molecule has 0 atom stereocenters. The van der Waals surface area contributed by atoms with Crippen molar-refractivity contribution in [1.29, 1.82) is 0 Å². The zero-order chi connectivity index (χ0) is 10.1. The Balaban J connectivity index is 2.64. The summed E-state index contributed by atoms with van der Waals surface area (Å²) in [5.74, 6) is 1.36. The highest BCUT2D eigenvalue weighted by Gasteiger charge is 2.09. The van der Waals surface area contributed by atoms with Crippen molar-refractivity contribution in [1.82, 2.24) is 0 Å². The first-order valence-corrected chi connectivity index (χ1v) is 4.84. The van der Waals surface area contributed by atoms with Crippen LogP contribution in [0.5, 0.6) is 0 Å². The van der Waals surface area contributed by atoms with Gasteiger partial charge in [-0.25, -0.2) is 0 Å². The van der Waals surface area contributed by atoms with Crippen molar-refractivity contribution in [3.8, 4) is 0 Å². The number of hydrogen-bond donors (Lipinski definition) is 1. The summed E-state index contributed by atoms with van der Waals surface area (Å²) in [6, 6.07) is 7.87. The third-order valence-corrected chi connectivity index (χ3v) is 2.38. The molecule has 2 aromatic rings. The van der Waals surface area contributed by atoms with E-state index < -0.39 is 0 Å². The van der Waals surface area contributed by atoms with Crippen molar-refractivity contribution in [2.75, 3.05) is 0 Å². The van der Waals surface area contributed by atoms with E-state index in [1.165, 1.54) is 0 Å². The average Bonchev–Trinajstić information content (AvgIpc) is 2.60. The lowest BCUT2D eigenvalue weighted by atomic mass is 10.1. The Morgan fingerprint density at radius 1 is 1.36 bits per heavy atom. The highest BCUT2D eigenvalue weighted by atomic mass is 16.3. The van der Waals surface area contributed by atoms with Gasteiger partial charge in [0.2, 0.25) is 0 Å². The second kappa shape index (κ2) is 3.46. The lowest BCUT2D eigenvalue weighted by Gasteiger charge is -1.98. The van der Waals surface area contributed by atoms with Crippen molar-refractivity contribution in [2.45, 2.75) is 26.4 Å². The van der Waals surface area contributed by atoms with E-state index in [9.17, 15) is 0 Å². The summed E-state index contributed by atoms with van der Waals surface area (Å²) in [6.07, 6.45) is 0. The molecule has 0 fully saturated rings. The van der Waals surface area contributed by atoms with Gasteiger partial charge in [-0.15, -0.1) is 0 Å². The molecule has 1 N–H and O–H groups in total. The van der Waals surface area contributed by atoms with Gasteiger partial charge < -0.3 is 9.52 Å². The molecule has 0 bridgehead atoms. The Morgan fingerprint density at radius 2 is 2.14 bits per heavy atom. The maximum atomic E-state index is 9.12. The quantitative estimate of drug-likeness (QED) is 0.789. The van der Waals surface area contributed by atoms with Crippen LogP contribution in [0.2, 0.25) is 0 Å². The van der Waals surface area contributed by atoms with Gasteiger partial charge in [0.1, 0.15) is 11.3 Å². The number of benzene rings is 1. The van der Waals surface area contributed by atoms with E-state index in [1.54, 1.807) is 0 Å². The Kier molecular flexibility index (Phi) is 2.30. The Morgan fingerprint density at radius 3 is 2.79 bits per heavy atom. The Bertz CT molecular complexity index is 441. The van der Waals surface area contributed by atoms with Gasteiger partial charge in [-0.05, 0) is 6.07 Å². The minimum atomic E-state index is 0.0301. The molecule has 2 heteroatoms. The first kappa shape index (κ1) is 9.28.